The summed E-state index contributed by atoms with van der Waals surface area (Å²) in [4.78, 5) is 39.7. The summed E-state index contributed by atoms with van der Waals surface area (Å²) in [5, 5.41) is 2.61. The second-order valence-electron chi connectivity index (χ2n) is 8.58. The zero-order valence-electron chi connectivity index (χ0n) is 18.5. The number of carbonyl (C=O) groups is 3. The molecule has 1 heterocycles. The van der Waals surface area contributed by atoms with E-state index in [0.717, 1.165) is 5.56 Å². The van der Waals surface area contributed by atoms with Crippen LogP contribution in [0.4, 0.5) is 18.9 Å². The molecule has 2 aromatic carbocycles. The van der Waals surface area contributed by atoms with Crippen molar-refractivity contribution in [3.05, 3.63) is 59.7 Å². The molecule has 0 unspecified atom stereocenters. The van der Waals surface area contributed by atoms with E-state index in [1.807, 2.05) is 6.07 Å². The number of para-hydroxylation sites is 1. The van der Waals surface area contributed by atoms with Gasteiger partial charge in [0.1, 0.15) is 11.8 Å². The molecule has 1 aliphatic carbocycles. The summed E-state index contributed by atoms with van der Waals surface area (Å²) in [5.74, 6) is 0.395. The lowest BCUT2D eigenvalue weighted by Crippen LogP contribution is -2.53. The Bertz CT molecular complexity index is 1200. The van der Waals surface area contributed by atoms with Crippen LogP contribution in [0, 0.1) is 12.3 Å². The smallest absolute Gasteiger partial charge is 0.406 e. The highest BCUT2D eigenvalue weighted by Gasteiger charge is 2.56. The third-order valence-corrected chi connectivity index (χ3v) is 6.22. The number of halogens is 3. The minimum absolute atomic E-state index is 0.244. The van der Waals surface area contributed by atoms with Gasteiger partial charge in [-0.2, -0.15) is 0 Å². The Labute approximate surface area is 199 Å². The van der Waals surface area contributed by atoms with Gasteiger partial charge in [0.15, 0.2) is 0 Å². The molecule has 2 atom stereocenters. The quantitative estimate of drug-likeness (QED) is 0.589. The molecule has 7 nitrogen and oxygen atoms in total. The highest BCUT2D eigenvalue weighted by molar-refractivity contribution is 6.09. The Balaban J connectivity index is 1.61. The van der Waals surface area contributed by atoms with Gasteiger partial charge in [0, 0.05) is 12.1 Å². The summed E-state index contributed by atoms with van der Waals surface area (Å²) >= 11 is 0. The van der Waals surface area contributed by atoms with E-state index in [1.165, 1.54) is 29.2 Å². The van der Waals surface area contributed by atoms with Gasteiger partial charge in [-0.25, -0.2) is 0 Å². The third-order valence-electron chi connectivity index (χ3n) is 6.22. The van der Waals surface area contributed by atoms with Crippen molar-refractivity contribution in [2.75, 3.05) is 4.90 Å². The van der Waals surface area contributed by atoms with Crippen LogP contribution in [0.25, 0.3) is 0 Å². The molecule has 4 rings (SSSR count). The van der Waals surface area contributed by atoms with E-state index in [2.05, 4.69) is 16.0 Å². The number of ether oxygens (including phenoxy) is 1. The summed E-state index contributed by atoms with van der Waals surface area (Å²) in [6.07, 6.45) is 1.56. The highest BCUT2D eigenvalue weighted by atomic mass is 19.4. The first kappa shape index (κ1) is 24.1. The number of rotatable bonds is 7. The molecule has 182 valence electrons. The zero-order valence-corrected chi connectivity index (χ0v) is 18.5. The van der Waals surface area contributed by atoms with Crippen LogP contribution in [0.2, 0.25) is 0 Å². The zero-order chi connectivity index (χ0) is 25.4. The van der Waals surface area contributed by atoms with Crippen molar-refractivity contribution >= 4 is 23.4 Å². The van der Waals surface area contributed by atoms with Gasteiger partial charge < -0.3 is 15.8 Å². The van der Waals surface area contributed by atoms with E-state index in [-0.39, 0.29) is 24.5 Å². The molecule has 3 amide bonds. The second-order valence-corrected chi connectivity index (χ2v) is 8.58. The number of hydrogen-bond donors (Lipinski definition) is 2. The molecular formula is C25H22F3N3O4. The molecule has 3 N–H and O–H groups in total. The van der Waals surface area contributed by atoms with Crippen molar-refractivity contribution in [3.8, 4) is 18.1 Å². The van der Waals surface area contributed by atoms with Crippen LogP contribution in [0.5, 0.6) is 5.75 Å². The van der Waals surface area contributed by atoms with Gasteiger partial charge in [-0.15, -0.1) is 19.6 Å². The van der Waals surface area contributed by atoms with Gasteiger partial charge in [0.05, 0.1) is 17.9 Å². The van der Waals surface area contributed by atoms with Crippen LogP contribution in [-0.2, 0) is 26.2 Å². The molecule has 10 heteroatoms. The standard InChI is InChI=1S/C25H22F3N3O4/c1-2-17(14-21(29)32)30-22(33)20-13-15-5-3-4-6-19(15)31(20)23(34)24(11-12-24)16-7-9-18(10-8-16)35-25(26,27)28/h1,3-10,17,20H,11-14H2,(H2,29,32)(H,30,33)/t17-,20+/m1/s1. The van der Waals surface area contributed by atoms with Gasteiger partial charge in [-0.1, -0.05) is 36.3 Å². The van der Waals surface area contributed by atoms with Gasteiger partial charge in [-0.3, -0.25) is 19.3 Å². The number of benzene rings is 2. The molecule has 1 saturated carbocycles. The number of primary amides is 1. The molecule has 2 aliphatic rings. The first-order valence-corrected chi connectivity index (χ1v) is 10.9. The number of alkyl halides is 3. The molecule has 1 fully saturated rings. The average Bonchev–Trinajstić information content (AvgIpc) is 3.51. The largest absolute Gasteiger partial charge is 0.573 e. The minimum Gasteiger partial charge on any atom is -0.406 e. The van der Waals surface area contributed by atoms with Crippen molar-refractivity contribution in [1.29, 1.82) is 0 Å². The Morgan fingerprint density at radius 2 is 1.83 bits per heavy atom. The number of amides is 3. The molecule has 0 saturated heterocycles. The number of fused-ring (bicyclic) bond motifs is 1. The summed E-state index contributed by atoms with van der Waals surface area (Å²) in [5.41, 5.74) is 6.13. The van der Waals surface area contributed by atoms with Crippen LogP contribution < -0.4 is 20.7 Å². The first-order chi connectivity index (χ1) is 16.5. The number of carbonyl (C=O) groups excluding carboxylic acids is 3. The van der Waals surface area contributed by atoms with Crippen molar-refractivity contribution in [1.82, 2.24) is 5.32 Å². The highest BCUT2D eigenvalue weighted by Crippen LogP contribution is 2.52. The number of anilines is 1. The molecule has 0 aromatic heterocycles. The predicted molar refractivity (Wildman–Crippen MR) is 120 cm³/mol. The van der Waals surface area contributed by atoms with Gasteiger partial charge in [0.25, 0.3) is 0 Å². The Morgan fingerprint density at radius 3 is 2.40 bits per heavy atom. The minimum atomic E-state index is -4.82. The molecule has 1 aliphatic heterocycles. The second kappa shape index (κ2) is 8.98. The summed E-state index contributed by atoms with van der Waals surface area (Å²) in [6.45, 7) is 0. The number of nitrogens with two attached hydrogens (primary N) is 1. The molecular weight excluding hydrogens is 463 g/mol. The molecule has 0 bridgehead atoms. The molecule has 35 heavy (non-hydrogen) atoms. The maximum Gasteiger partial charge on any atom is 0.573 e. The van der Waals surface area contributed by atoms with E-state index >= 15 is 0 Å². The lowest BCUT2D eigenvalue weighted by Gasteiger charge is -2.30. The van der Waals surface area contributed by atoms with E-state index in [4.69, 9.17) is 12.2 Å². The van der Waals surface area contributed by atoms with E-state index < -0.39 is 35.7 Å². The normalized spacial score (nSPS) is 18.7. The maximum atomic E-state index is 13.9. The van der Waals surface area contributed by atoms with Crippen LogP contribution in [0.15, 0.2) is 48.5 Å². The number of nitrogens with zero attached hydrogens (tertiary/aromatic N) is 1. The molecule has 2 aromatic rings. The van der Waals surface area contributed by atoms with Crippen LogP contribution in [0.3, 0.4) is 0 Å². The van der Waals surface area contributed by atoms with Gasteiger partial charge >= 0.3 is 6.36 Å². The topological polar surface area (TPSA) is 102 Å². The first-order valence-electron chi connectivity index (χ1n) is 10.9. The van der Waals surface area contributed by atoms with Gasteiger partial charge in [0.2, 0.25) is 17.7 Å². The van der Waals surface area contributed by atoms with Crippen LogP contribution >= 0.6 is 0 Å². The number of hydrogen-bond acceptors (Lipinski definition) is 4. The Morgan fingerprint density at radius 1 is 1.17 bits per heavy atom. The van der Waals surface area contributed by atoms with Crippen LogP contribution in [0.1, 0.15) is 30.4 Å². The monoisotopic (exact) mass is 485 g/mol. The lowest BCUT2D eigenvalue weighted by atomic mass is 9.93. The SMILES string of the molecule is C#C[C@H](CC(N)=O)NC(=O)[C@@H]1Cc2ccccc2N1C(=O)C1(c2ccc(OC(F)(F)F)cc2)CC1. The summed E-state index contributed by atoms with van der Waals surface area (Å²) < 4.78 is 41.4. The molecule has 0 spiro atoms. The van der Waals surface area contributed by atoms with Crippen molar-refractivity contribution < 1.29 is 32.3 Å². The van der Waals surface area contributed by atoms with Crippen molar-refractivity contribution in [3.63, 3.8) is 0 Å². The number of nitrogens with one attached hydrogen (secondary N) is 1. The van der Waals surface area contributed by atoms with Crippen molar-refractivity contribution in [2.24, 2.45) is 5.73 Å². The van der Waals surface area contributed by atoms with Gasteiger partial charge in [-0.05, 0) is 42.2 Å². The fourth-order valence-corrected chi connectivity index (χ4v) is 4.42. The van der Waals surface area contributed by atoms with Crippen molar-refractivity contribution in [2.45, 2.75) is 49.5 Å². The summed E-state index contributed by atoms with van der Waals surface area (Å²) in [6, 6.07) is 10.5. The third kappa shape index (κ3) is 4.94. The fourth-order valence-electron chi connectivity index (χ4n) is 4.42. The van der Waals surface area contributed by atoms with Crippen LogP contribution in [-0.4, -0.2) is 36.2 Å². The Kier molecular flexibility index (Phi) is 6.19. The number of terminal acetylenes is 1. The van der Waals surface area contributed by atoms with E-state index in [9.17, 15) is 27.6 Å². The maximum absolute atomic E-state index is 13.9. The average molecular weight is 485 g/mol. The fraction of sp³-hybridized carbons (Fsp3) is 0.320. The predicted octanol–water partition coefficient (Wildman–Crippen LogP) is 2.57. The molecule has 0 radical (unpaired) electrons. The summed E-state index contributed by atoms with van der Waals surface area (Å²) in [7, 11) is 0. The van der Waals surface area contributed by atoms with E-state index in [1.54, 1.807) is 18.2 Å². The van der Waals surface area contributed by atoms with E-state index in [0.29, 0.717) is 24.1 Å². The Hall–Kier alpha value is -4.00. The lowest BCUT2D eigenvalue weighted by molar-refractivity contribution is -0.274.